The van der Waals surface area contributed by atoms with E-state index in [4.69, 9.17) is 15.0 Å². The second kappa shape index (κ2) is 16.3. The molecular weight excluding hydrogens is 167 g/mol. The number of hydrogen-bond donors (Lipinski definition) is 0. The monoisotopic (exact) mass is 167 g/mol. The van der Waals surface area contributed by atoms with E-state index < -0.39 is 6.16 Å². The summed E-state index contributed by atoms with van der Waals surface area (Å²) in [7, 11) is 0. The van der Waals surface area contributed by atoms with Crippen LogP contribution in [0.5, 0.6) is 0 Å². The van der Waals surface area contributed by atoms with Crippen molar-refractivity contribution in [3.8, 4) is 0 Å². The second-order valence-corrected chi connectivity index (χ2v) is 0.250. The van der Waals surface area contributed by atoms with E-state index in [0.717, 1.165) is 0 Å². The zero-order chi connectivity index (χ0) is 3.58. The van der Waals surface area contributed by atoms with Crippen LogP contribution < -0.4 is 10.2 Å². The standard InChI is InChI=1S/CH2O3.Al.Cu.H2O/c2-1(3)4;;;/h(H2,2,3,4);;;1H2/q;+3;+2;/p-3. The SMILES string of the molecule is O=C([O-])[O-].[Al+3].[Cu+2].[OH-]. The molecule has 0 spiro atoms. The molecule has 0 atom stereocenters. The van der Waals surface area contributed by atoms with Crippen LogP contribution in [-0.4, -0.2) is 29.0 Å². The first kappa shape index (κ1) is 26.7. The van der Waals surface area contributed by atoms with Gasteiger partial charge in [-0.15, -0.1) is 0 Å². The average Bonchev–Trinajstić information content (AvgIpc) is 0.811. The van der Waals surface area contributed by atoms with Crippen LogP contribution in [0.2, 0.25) is 0 Å². The molecule has 0 aromatic carbocycles. The van der Waals surface area contributed by atoms with Gasteiger partial charge >= 0.3 is 34.4 Å². The van der Waals surface area contributed by atoms with Crippen LogP contribution in [0.1, 0.15) is 0 Å². The first-order valence-corrected chi connectivity index (χ1v) is 0.612. The fourth-order valence-electron chi connectivity index (χ4n) is 0. The molecule has 0 fully saturated rings. The van der Waals surface area contributed by atoms with Crippen molar-refractivity contribution < 1.29 is 37.6 Å². The molecule has 0 aromatic rings. The molecule has 0 rings (SSSR count). The molecule has 0 unspecified atom stereocenters. The Morgan fingerprint density at radius 2 is 1.29 bits per heavy atom. The third kappa shape index (κ3) is 1450. The Bertz CT molecular complexity index is 34.7. The van der Waals surface area contributed by atoms with Crippen molar-refractivity contribution in [3.63, 3.8) is 0 Å². The number of carboxylic acid groups (broad SMARTS) is 2. The van der Waals surface area contributed by atoms with Crippen LogP contribution in [-0.2, 0) is 17.1 Å². The molecule has 4 nitrogen and oxygen atoms in total. The Morgan fingerprint density at radius 3 is 1.29 bits per heavy atom. The molecule has 1 radical (unpaired) electrons. The Balaban J connectivity index is -0.0000000150. The summed E-state index contributed by atoms with van der Waals surface area (Å²) in [6.45, 7) is 0. The van der Waals surface area contributed by atoms with Gasteiger partial charge in [-0.3, -0.25) is 0 Å². The smallest absolute Gasteiger partial charge is 0.870 e. The Morgan fingerprint density at radius 1 is 1.29 bits per heavy atom. The summed E-state index contributed by atoms with van der Waals surface area (Å²) < 4.78 is 0. The van der Waals surface area contributed by atoms with Crippen molar-refractivity contribution >= 4 is 23.5 Å². The minimum absolute atomic E-state index is 0. The van der Waals surface area contributed by atoms with Crippen LogP contribution in [0.15, 0.2) is 0 Å². The largest absolute Gasteiger partial charge is 3.00 e. The molecule has 7 heavy (non-hydrogen) atoms. The number of carbonyl (C=O) groups is 1. The summed E-state index contributed by atoms with van der Waals surface area (Å²) in [5, 5.41) is 16.7. The van der Waals surface area contributed by atoms with Gasteiger partial charge in [0.15, 0.2) is 0 Å². The van der Waals surface area contributed by atoms with Gasteiger partial charge < -0.3 is 20.5 Å². The molecule has 1 N–H and O–H groups in total. The molecule has 0 aliphatic rings. The molecular formula is CHAlCuO4+2. The van der Waals surface area contributed by atoms with E-state index in [2.05, 4.69) is 0 Å². The fourth-order valence-corrected chi connectivity index (χ4v) is 0. The fraction of sp³-hybridized carbons (Fsp3) is 0. The van der Waals surface area contributed by atoms with Crippen LogP contribution in [0.3, 0.4) is 0 Å². The van der Waals surface area contributed by atoms with Gasteiger partial charge in [0.1, 0.15) is 0 Å². The maximum absolute atomic E-state index is 8.33. The van der Waals surface area contributed by atoms with Gasteiger partial charge in [-0.2, -0.15) is 0 Å². The molecule has 41 valence electrons. The first-order chi connectivity index (χ1) is 1.73. The third-order valence-corrected chi connectivity index (χ3v) is 0. The van der Waals surface area contributed by atoms with Crippen LogP contribution in [0.25, 0.3) is 0 Å². The summed E-state index contributed by atoms with van der Waals surface area (Å²) in [4.78, 5) is 8.33. The Labute approximate surface area is 61.4 Å². The first-order valence-electron chi connectivity index (χ1n) is 0.612. The van der Waals surface area contributed by atoms with Gasteiger partial charge in [0.25, 0.3) is 0 Å². The van der Waals surface area contributed by atoms with Crippen LogP contribution >= 0.6 is 0 Å². The predicted octanol–water partition coefficient (Wildman–Crippen LogP) is -3.01. The maximum atomic E-state index is 8.33. The van der Waals surface area contributed by atoms with E-state index in [-0.39, 0.29) is 39.9 Å². The predicted molar refractivity (Wildman–Crippen MR) is 13.1 cm³/mol. The van der Waals surface area contributed by atoms with E-state index in [1.165, 1.54) is 0 Å². The van der Waals surface area contributed by atoms with Crippen molar-refractivity contribution in [3.05, 3.63) is 0 Å². The molecule has 6 heteroatoms. The van der Waals surface area contributed by atoms with E-state index in [0.29, 0.717) is 0 Å². The molecule has 0 amide bonds. The summed E-state index contributed by atoms with van der Waals surface area (Å²) in [5.41, 5.74) is 0. The summed E-state index contributed by atoms with van der Waals surface area (Å²) in [6.07, 6.45) is -2.33. The number of rotatable bonds is 0. The number of hydrogen-bond acceptors (Lipinski definition) is 4. The van der Waals surface area contributed by atoms with Gasteiger partial charge in [0.2, 0.25) is 0 Å². The van der Waals surface area contributed by atoms with Crippen LogP contribution in [0, 0.1) is 0 Å². The summed E-state index contributed by atoms with van der Waals surface area (Å²) >= 11 is 0. The van der Waals surface area contributed by atoms with Crippen molar-refractivity contribution in [2.24, 2.45) is 0 Å². The molecule has 0 bridgehead atoms. The summed E-state index contributed by atoms with van der Waals surface area (Å²) in [5.74, 6) is 0. The van der Waals surface area contributed by atoms with E-state index >= 15 is 0 Å². The second-order valence-electron chi connectivity index (χ2n) is 0.250. The van der Waals surface area contributed by atoms with E-state index in [1.807, 2.05) is 0 Å². The average molecular weight is 168 g/mol. The minimum Gasteiger partial charge on any atom is -0.870 e. The molecule has 0 aromatic heterocycles. The topological polar surface area (TPSA) is 93.2 Å². The van der Waals surface area contributed by atoms with E-state index in [9.17, 15) is 0 Å². The minimum atomic E-state index is -2.33. The van der Waals surface area contributed by atoms with Gasteiger partial charge in [-0.05, 0) is 6.16 Å². The van der Waals surface area contributed by atoms with Gasteiger partial charge in [-0.1, -0.05) is 0 Å². The van der Waals surface area contributed by atoms with Crippen molar-refractivity contribution in [2.45, 2.75) is 0 Å². The Hall–Kier alpha value is 0.282. The third-order valence-electron chi connectivity index (χ3n) is 0. The van der Waals surface area contributed by atoms with Crippen molar-refractivity contribution in [1.82, 2.24) is 0 Å². The molecule has 0 saturated carbocycles. The van der Waals surface area contributed by atoms with Crippen molar-refractivity contribution in [2.75, 3.05) is 0 Å². The normalized spacial score (nSPS) is 3.43. The van der Waals surface area contributed by atoms with Gasteiger partial charge in [-0.25, -0.2) is 0 Å². The maximum Gasteiger partial charge on any atom is 3.00 e. The molecule has 0 heterocycles. The van der Waals surface area contributed by atoms with Crippen molar-refractivity contribution in [1.29, 1.82) is 0 Å². The zero-order valence-corrected chi connectivity index (χ0v) is 5.15. The van der Waals surface area contributed by atoms with Crippen LogP contribution in [0.4, 0.5) is 4.79 Å². The Kier molecular flexibility index (Phi) is 62.0. The van der Waals surface area contributed by atoms with E-state index in [1.54, 1.807) is 0 Å². The molecule has 0 aliphatic carbocycles. The quantitative estimate of drug-likeness (QED) is 0.359. The number of carbonyl (C=O) groups excluding carboxylic acids is 1. The zero-order valence-electron chi connectivity index (χ0n) is 3.05. The molecule has 0 aliphatic heterocycles. The van der Waals surface area contributed by atoms with Gasteiger partial charge in [0.05, 0.1) is 0 Å². The summed E-state index contributed by atoms with van der Waals surface area (Å²) in [6, 6.07) is 0. The molecule has 0 saturated heterocycles. The van der Waals surface area contributed by atoms with Gasteiger partial charge in [0, 0.05) is 0 Å².